The van der Waals surface area contributed by atoms with Gasteiger partial charge in [-0.3, -0.25) is 9.88 Å². The summed E-state index contributed by atoms with van der Waals surface area (Å²) < 4.78 is 0. The smallest absolute Gasteiger partial charge is 0.0705 e. The minimum Gasteiger partial charge on any atom is -0.396 e. The first-order valence-corrected chi connectivity index (χ1v) is 7.64. The van der Waals surface area contributed by atoms with Crippen LogP contribution in [0.25, 0.3) is 10.9 Å². The van der Waals surface area contributed by atoms with E-state index in [1.165, 1.54) is 5.39 Å². The van der Waals surface area contributed by atoms with E-state index in [9.17, 15) is 5.11 Å². The van der Waals surface area contributed by atoms with Crippen molar-refractivity contribution in [3.8, 4) is 0 Å². The SMILES string of the molecule is CN1CCN(Cc2ccc3ccccc3n2)CC1CCO. The summed E-state index contributed by atoms with van der Waals surface area (Å²) >= 11 is 0. The number of rotatable bonds is 4. The van der Waals surface area contributed by atoms with Crippen LogP contribution in [0, 0.1) is 0 Å². The lowest BCUT2D eigenvalue weighted by atomic mass is 10.1. The maximum atomic E-state index is 9.17. The predicted octanol–water partition coefficient (Wildman–Crippen LogP) is 1.73. The molecule has 0 aliphatic carbocycles. The Balaban J connectivity index is 1.70. The Hall–Kier alpha value is -1.49. The molecule has 0 spiro atoms. The Morgan fingerprint density at radius 2 is 2.05 bits per heavy atom. The lowest BCUT2D eigenvalue weighted by molar-refractivity contribution is 0.0736. The van der Waals surface area contributed by atoms with Crippen LogP contribution in [0.4, 0.5) is 0 Å². The number of likely N-dealkylation sites (N-methyl/N-ethyl adjacent to an activating group) is 1. The molecular formula is C17H23N3O. The molecule has 1 aromatic heterocycles. The van der Waals surface area contributed by atoms with Gasteiger partial charge < -0.3 is 10.0 Å². The van der Waals surface area contributed by atoms with Crippen molar-refractivity contribution >= 4 is 10.9 Å². The van der Waals surface area contributed by atoms with E-state index in [0.29, 0.717) is 6.04 Å². The lowest BCUT2D eigenvalue weighted by Gasteiger charge is -2.39. The summed E-state index contributed by atoms with van der Waals surface area (Å²) in [6.07, 6.45) is 0.845. The number of piperazine rings is 1. The molecule has 3 rings (SSSR count). The minimum atomic E-state index is 0.261. The van der Waals surface area contributed by atoms with E-state index in [0.717, 1.165) is 43.8 Å². The number of nitrogens with zero attached hydrogens (tertiary/aromatic N) is 3. The molecule has 1 fully saturated rings. The average Bonchev–Trinajstić information content (AvgIpc) is 2.51. The van der Waals surface area contributed by atoms with Crippen LogP contribution in [0.5, 0.6) is 0 Å². The molecule has 1 aliphatic heterocycles. The third-order valence-electron chi connectivity index (χ3n) is 4.37. The second kappa shape index (κ2) is 6.52. The highest BCUT2D eigenvalue weighted by Crippen LogP contribution is 2.16. The highest BCUT2D eigenvalue weighted by molar-refractivity contribution is 5.78. The second-order valence-corrected chi connectivity index (χ2v) is 5.88. The lowest BCUT2D eigenvalue weighted by Crippen LogP contribution is -2.51. The van der Waals surface area contributed by atoms with E-state index in [1.54, 1.807) is 0 Å². The predicted molar refractivity (Wildman–Crippen MR) is 85.1 cm³/mol. The molecule has 112 valence electrons. The van der Waals surface area contributed by atoms with Crippen LogP contribution in [-0.4, -0.2) is 59.2 Å². The van der Waals surface area contributed by atoms with Crippen molar-refractivity contribution in [2.24, 2.45) is 0 Å². The largest absolute Gasteiger partial charge is 0.396 e. The first-order chi connectivity index (χ1) is 10.3. The average molecular weight is 285 g/mol. The van der Waals surface area contributed by atoms with E-state index in [2.05, 4.69) is 41.1 Å². The Labute approximate surface area is 126 Å². The van der Waals surface area contributed by atoms with Crippen molar-refractivity contribution in [1.29, 1.82) is 0 Å². The standard InChI is InChI=1S/C17H23N3O/c1-19-9-10-20(13-16(19)8-11-21)12-15-7-6-14-4-2-3-5-17(14)18-15/h2-7,16,21H,8-13H2,1H3. The van der Waals surface area contributed by atoms with Gasteiger partial charge in [-0.05, 0) is 25.6 Å². The number of para-hydroxylation sites is 1. The van der Waals surface area contributed by atoms with Gasteiger partial charge in [0.05, 0.1) is 11.2 Å². The Morgan fingerprint density at radius 3 is 2.90 bits per heavy atom. The first kappa shape index (κ1) is 14.4. The maximum absolute atomic E-state index is 9.17. The molecule has 2 heterocycles. The van der Waals surface area contributed by atoms with Gasteiger partial charge in [0.15, 0.2) is 0 Å². The zero-order valence-corrected chi connectivity index (χ0v) is 12.6. The molecule has 21 heavy (non-hydrogen) atoms. The minimum absolute atomic E-state index is 0.261. The Kier molecular flexibility index (Phi) is 4.48. The number of aliphatic hydroxyl groups excluding tert-OH is 1. The summed E-state index contributed by atoms with van der Waals surface area (Å²) in [7, 11) is 2.14. The van der Waals surface area contributed by atoms with Gasteiger partial charge >= 0.3 is 0 Å². The molecule has 1 aliphatic rings. The van der Waals surface area contributed by atoms with E-state index in [1.807, 2.05) is 12.1 Å². The highest BCUT2D eigenvalue weighted by atomic mass is 16.3. The van der Waals surface area contributed by atoms with Crippen molar-refractivity contribution in [2.75, 3.05) is 33.3 Å². The third kappa shape index (κ3) is 3.40. The Morgan fingerprint density at radius 1 is 1.19 bits per heavy atom. The fourth-order valence-electron chi connectivity index (χ4n) is 3.04. The number of hydrogen-bond donors (Lipinski definition) is 1. The molecule has 0 amide bonds. The molecule has 1 atom stereocenters. The zero-order valence-electron chi connectivity index (χ0n) is 12.6. The van der Waals surface area contributed by atoms with Gasteiger partial charge in [-0.25, -0.2) is 0 Å². The van der Waals surface area contributed by atoms with Crippen molar-refractivity contribution in [1.82, 2.24) is 14.8 Å². The molecule has 4 nitrogen and oxygen atoms in total. The highest BCUT2D eigenvalue weighted by Gasteiger charge is 2.23. The maximum Gasteiger partial charge on any atom is 0.0705 e. The molecule has 0 bridgehead atoms. The van der Waals surface area contributed by atoms with Crippen LogP contribution in [0.3, 0.4) is 0 Å². The fourth-order valence-corrected chi connectivity index (χ4v) is 3.04. The zero-order chi connectivity index (χ0) is 14.7. The number of pyridine rings is 1. The molecular weight excluding hydrogens is 262 g/mol. The summed E-state index contributed by atoms with van der Waals surface area (Å²) in [6.45, 7) is 4.27. The summed E-state index contributed by atoms with van der Waals surface area (Å²) in [5, 5.41) is 10.4. The van der Waals surface area contributed by atoms with Crippen LogP contribution < -0.4 is 0 Å². The molecule has 1 unspecified atom stereocenters. The van der Waals surface area contributed by atoms with Crippen LogP contribution >= 0.6 is 0 Å². The van der Waals surface area contributed by atoms with E-state index in [4.69, 9.17) is 4.98 Å². The van der Waals surface area contributed by atoms with Gasteiger partial charge in [0.25, 0.3) is 0 Å². The van der Waals surface area contributed by atoms with Crippen molar-refractivity contribution in [3.63, 3.8) is 0 Å². The van der Waals surface area contributed by atoms with Gasteiger partial charge in [0.1, 0.15) is 0 Å². The number of fused-ring (bicyclic) bond motifs is 1. The summed E-state index contributed by atoms with van der Waals surface area (Å²) in [5.41, 5.74) is 2.19. The van der Waals surface area contributed by atoms with Gasteiger partial charge in [-0.1, -0.05) is 24.3 Å². The topological polar surface area (TPSA) is 39.6 Å². The van der Waals surface area contributed by atoms with Crippen molar-refractivity contribution in [3.05, 3.63) is 42.1 Å². The van der Waals surface area contributed by atoms with Crippen LogP contribution in [0.15, 0.2) is 36.4 Å². The van der Waals surface area contributed by atoms with Crippen molar-refractivity contribution < 1.29 is 5.11 Å². The number of hydrogen-bond acceptors (Lipinski definition) is 4. The molecule has 0 saturated carbocycles. The third-order valence-corrected chi connectivity index (χ3v) is 4.37. The van der Waals surface area contributed by atoms with E-state index >= 15 is 0 Å². The number of aliphatic hydroxyl groups is 1. The molecule has 1 N–H and O–H groups in total. The summed E-state index contributed by atoms with van der Waals surface area (Å²) in [6, 6.07) is 13.0. The van der Waals surface area contributed by atoms with Gasteiger partial charge in [0, 0.05) is 44.2 Å². The quantitative estimate of drug-likeness (QED) is 0.929. The molecule has 4 heteroatoms. The molecule has 2 aromatic rings. The van der Waals surface area contributed by atoms with Crippen LogP contribution in [0.2, 0.25) is 0 Å². The van der Waals surface area contributed by atoms with E-state index in [-0.39, 0.29) is 6.61 Å². The molecule has 0 radical (unpaired) electrons. The van der Waals surface area contributed by atoms with Crippen LogP contribution in [0.1, 0.15) is 12.1 Å². The fraction of sp³-hybridized carbons (Fsp3) is 0.471. The first-order valence-electron chi connectivity index (χ1n) is 7.64. The van der Waals surface area contributed by atoms with Gasteiger partial charge in [-0.15, -0.1) is 0 Å². The number of aromatic nitrogens is 1. The van der Waals surface area contributed by atoms with Gasteiger partial charge in [0.2, 0.25) is 0 Å². The van der Waals surface area contributed by atoms with Crippen LogP contribution in [-0.2, 0) is 6.54 Å². The van der Waals surface area contributed by atoms with E-state index < -0.39 is 0 Å². The molecule has 1 aromatic carbocycles. The normalized spacial score (nSPS) is 21.0. The van der Waals surface area contributed by atoms with Gasteiger partial charge in [-0.2, -0.15) is 0 Å². The Bertz CT molecular complexity index is 601. The monoisotopic (exact) mass is 285 g/mol. The molecule has 1 saturated heterocycles. The number of benzene rings is 1. The van der Waals surface area contributed by atoms with Crippen molar-refractivity contribution in [2.45, 2.75) is 19.0 Å². The summed E-state index contributed by atoms with van der Waals surface area (Å²) in [5.74, 6) is 0. The second-order valence-electron chi connectivity index (χ2n) is 5.88. The summed E-state index contributed by atoms with van der Waals surface area (Å²) in [4.78, 5) is 9.54.